The van der Waals surface area contributed by atoms with E-state index >= 15 is 0 Å². The average Bonchev–Trinajstić information content (AvgIpc) is 2.47. The monoisotopic (exact) mass is 276 g/mol. The Morgan fingerprint density at radius 3 is 2.30 bits per heavy atom. The van der Waals surface area contributed by atoms with Gasteiger partial charge in [-0.3, -0.25) is 0 Å². The number of rotatable bonds is 3. The highest BCUT2D eigenvalue weighted by atomic mass is 19.3. The molecule has 0 aliphatic rings. The summed E-state index contributed by atoms with van der Waals surface area (Å²) in [5.74, 6) is -3.79. The van der Waals surface area contributed by atoms with Crippen molar-refractivity contribution in [1.82, 2.24) is 0 Å². The summed E-state index contributed by atoms with van der Waals surface area (Å²) in [4.78, 5) is 11.4. The Labute approximate surface area is 116 Å². The topological polar surface area (TPSA) is 26.3 Å². The zero-order chi connectivity index (χ0) is 14.8. The van der Waals surface area contributed by atoms with Gasteiger partial charge in [0.1, 0.15) is 0 Å². The zero-order valence-corrected chi connectivity index (χ0v) is 11.2. The number of aryl methyl sites for hydroxylation is 1. The van der Waals surface area contributed by atoms with E-state index in [-0.39, 0.29) is 16.7 Å². The Balaban J connectivity index is 2.43. The van der Waals surface area contributed by atoms with Crippen LogP contribution < -0.4 is 0 Å². The van der Waals surface area contributed by atoms with Gasteiger partial charge >= 0.3 is 5.97 Å². The van der Waals surface area contributed by atoms with Crippen LogP contribution in [0.4, 0.5) is 8.78 Å². The molecule has 0 bridgehead atoms. The lowest BCUT2D eigenvalue weighted by Gasteiger charge is -2.18. The standard InChI is InChI=1S/C16H14F2O2/c1-11-6-8-13(9-7-11)16(17,18)14-5-3-4-12(10-14)15(19)20-2/h3-10H,1-2H3. The largest absolute Gasteiger partial charge is 0.465 e. The van der Waals surface area contributed by atoms with E-state index in [1.54, 1.807) is 12.1 Å². The van der Waals surface area contributed by atoms with Crippen LogP contribution in [0.2, 0.25) is 0 Å². The van der Waals surface area contributed by atoms with Crippen LogP contribution in [0, 0.1) is 6.92 Å². The summed E-state index contributed by atoms with van der Waals surface area (Å²) < 4.78 is 33.4. The quantitative estimate of drug-likeness (QED) is 0.794. The summed E-state index contributed by atoms with van der Waals surface area (Å²) in [7, 11) is 1.22. The van der Waals surface area contributed by atoms with Crippen LogP contribution >= 0.6 is 0 Å². The SMILES string of the molecule is COC(=O)c1cccc(C(F)(F)c2ccc(C)cc2)c1. The summed E-state index contributed by atoms with van der Waals surface area (Å²) in [6.45, 7) is 1.83. The first-order chi connectivity index (χ1) is 9.45. The minimum absolute atomic E-state index is 0.106. The fourth-order valence-corrected chi connectivity index (χ4v) is 1.89. The molecule has 104 valence electrons. The number of benzene rings is 2. The average molecular weight is 276 g/mol. The van der Waals surface area contributed by atoms with Crippen LogP contribution in [-0.2, 0) is 10.7 Å². The van der Waals surface area contributed by atoms with Crippen molar-refractivity contribution in [3.8, 4) is 0 Å². The number of hydrogen-bond donors (Lipinski definition) is 0. The molecule has 0 N–H and O–H groups in total. The van der Waals surface area contributed by atoms with Crippen molar-refractivity contribution in [1.29, 1.82) is 0 Å². The van der Waals surface area contributed by atoms with Gasteiger partial charge in [-0.2, -0.15) is 8.78 Å². The van der Waals surface area contributed by atoms with Gasteiger partial charge in [-0.05, 0) is 19.1 Å². The van der Waals surface area contributed by atoms with Crippen LogP contribution in [0.1, 0.15) is 27.0 Å². The Bertz CT molecular complexity index is 619. The molecule has 2 nitrogen and oxygen atoms in total. The van der Waals surface area contributed by atoms with Crippen molar-refractivity contribution in [2.24, 2.45) is 0 Å². The summed E-state index contributed by atoms with van der Waals surface area (Å²) in [5, 5.41) is 0. The van der Waals surface area contributed by atoms with E-state index in [0.29, 0.717) is 0 Å². The Kier molecular flexibility index (Phi) is 3.84. The lowest BCUT2D eigenvalue weighted by atomic mass is 9.98. The molecule has 0 aromatic heterocycles. The lowest BCUT2D eigenvalue weighted by molar-refractivity contribution is 0.0426. The first kappa shape index (κ1) is 14.2. The molecule has 0 saturated heterocycles. The van der Waals surface area contributed by atoms with Crippen molar-refractivity contribution >= 4 is 5.97 Å². The summed E-state index contributed by atoms with van der Waals surface area (Å²) >= 11 is 0. The number of ether oxygens (including phenoxy) is 1. The highest BCUT2D eigenvalue weighted by molar-refractivity contribution is 5.89. The number of halogens is 2. The minimum Gasteiger partial charge on any atom is -0.465 e. The first-order valence-corrected chi connectivity index (χ1v) is 6.09. The van der Waals surface area contributed by atoms with E-state index in [1.165, 1.54) is 37.4 Å². The molecule has 2 aromatic carbocycles. The molecule has 0 heterocycles. The van der Waals surface area contributed by atoms with Crippen LogP contribution in [0.3, 0.4) is 0 Å². The second-order valence-corrected chi connectivity index (χ2v) is 4.51. The number of carbonyl (C=O) groups excluding carboxylic acids is 1. The third kappa shape index (κ3) is 2.69. The highest BCUT2D eigenvalue weighted by Crippen LogP contribution is 2.36. The Morgan fingerprint density at radius 1 is 1.05 bits per heavy atom. The number of methoxy groups -OCH3 is 1. The molecular weight excluding hydrogens is 262 g/mol. The van der Waals surface area contributed by atoms with Crippen LogP contribution in [0.25, 0.3) is 0 Å². The molecule has 0 amide bonds. The van der Waals surface area contributed by atoms with Gasteiger partial charge in [0, 0.05) is 11.1 Å². The molecule has 0 radical (unpaired) electrons. The second-order valence-electron chi connectivity index (χ2n) is 4.51. The van der Waals surface area contributed by atoms with Crippen LogP contribution in [0.15, 0.2) is 48.5 Å². The molecule has 0 spiro atoms. The van der Waals surface area contributed by atoms with Crippen molar-refractivity contribution in [3.05, 3.63) is 70.8 Å². The maximum atomic E-state index is 14.4. The second kappa shape index (κ2) is 5.41. The van der Waals surface area contributed by atoms with E-state index in [0.717, 1.165) is 11.6 Å². The van der Waals surface area contributed by atoms with Crippen molar-refractivity contribution in [2.45, 2.75) is 12.8 Å². The van der Waals surface area contributed by atoms with E-state index in [1.807, 2.05) is 6.92 Å². The van der Waals surface area contributed by atoms with Crippen LogP contribution in [0.5, 0.6) is 0 Å². The molecule has 0 fully saturated rings. The maximum absolute atomic E-state index is 14.4. The highest BCUT2D eigenvalue weighted by Gasteiger charge is 2.34. The summed E-state index contributed by atoms with van der Waals surface area (Å²) in [6.07, 6.45) is 0. The number of esters is 1. The predicted octanol–water partition coefficient (Wildman–Crippen LogP) is 3.92. The van der Waals surface area contributed by atoms with Crippen LogP contribution in [-0.4, -0.2) is 13.1 Å². The van der Waals surface area contributed by atoms with Gasteiger partial charge in [-0.1, -0.05) is 42.0 Å². The fourth-order valence-electron chi connectivity index (χ4n) is 1.89. The Hall–Kier alpha value is -2.23. The minimum atomic E-state index is -3.16. The molecule has 0 unspecified atom stereocenters. The first-order valence-electron chi connectivity index (χ1n) is 6.09. The molecule has 4 heteroatoms. The van der Waals surface area contributed by atoms with Crippen molar-refractivity contribution < 1.29 is 18.3 Å². The molecule has 0 atom stereocenters. The molecular formula is C16H14F2O2. The summed E-state index contributed by atoms with van der Waals surface area (Å²) in [5.41, 5.74) is 0.680. The van der Waals surface area contributed by atoms with Gasteiger partial charge in [0.05, 0.1) is 12.7 Å². The zero-order valence-electron chi connectivity index (χ0n) is 11.2. The Morgan fingerprint density at radius 2 is 1.70 bits per heavy atom. The van der Waals surface area contributed by atoms with E-state index < -0.39 is 11.9 Å². The normalized spacial score (nSPS) is 11.2. The molecule has 0 aliphatic carbocycles. The van der Waals surface area contributed by atoms with E-state index in [2.05, 4.69) is 4.74 Å². The third-order valence-electron chi connectivity index (χ3n) is 3.06. The molecule has 20 heavy (non-hydrogen) atoms. The molecule has 0 saturated carbocycles. The number of hydrogen-bond acceptors (Lipinski definition) is 2. The fraction of sp³-hybridized carbons (Fsp3) is 0.188. The molecule has 2 rings (SSSR count). The van der Waals surface area contributed by atoms with Gasteiger partial charge in [-0.25, -0.2) is 4.79 Å². The maximum Gasteiger partial charge on any atom is 0.337 e. The van der Waals surface area contributed by atoms with Gasteiger partial charge in [0.25, 0.3) is 5.92 Å². The van der Waals surface area contributed by atoms with Gasteiger partial charge in [0.15, 0.2) is 0 Å². The number of carbonyl (C=O) groups is 1. The van der Waals surface area contributed by atoms with E-state index in [9.17, 15) is 13.6 Å². The predicted molar refractivity (Wildman–Crippen MR) is 72.0 cm³/mol. The van der Waals surface area contributed by atoms with Gasteiger partial charge < -0.3 is 4.74 Å². The molecule has 2 aromatic rings. The number of alkyl halides is 2. The third-order valence-corrected chi connectivity index (χ3v) is 3.06. The smallest absolute Gasteiger partial charge is 0.337 e. The van der Waals surface area contributed by atoms with Gasteiger partial charge in [-0.15, -0.1) is 0 Å². The summed E-state index contributed by atoms with van der Waals surface area (Å²) in [6, 6.07) is 11.4. The van der Waals surface area contributed by atoms with E-state index in [4.69, 9.17) is 0 Å². The van der Waals surface area contributed by atoms with Crippen molar-refractivity contribution in [2.75, 3.05) is 7.11 Å². The van der Waals surface area contributed by atoms with Crippen molar-refractivity contribution in [3.63, 3.8) is 0 Å². The van der Waals surface area contributed by atoms with Gasteiger partial charge in [0.2, 0.25) is 0 Å². The molecule has 0 aliphatic heterocycles. The lowest BCUT2D eigenvalue weighted by Crippen LogP contribution is -2.16.